The van der Waals surface area contributed by atoms with E-state index in [0.717, 1.165) is 17.5 Å². The smallest absolute Gasteiger partial charge is 0.121 e. The van der Waals surface area contributed by atoms with Gasteiger partial charge in [-0.1, -0.05) is 30.4 Å². The summed E-state index contributed by atoms with van der Waals surface area (Å²) in [5.74, 6) is 0.426. The number of allylic oxidation sites excluding steroid dienone is 2. The van der Waals surface area contributed by atoms with Crippen molar-refractivity contribution < 1.29 is 5.11 Å². The van der Waals surface area contributed by atoms with Gasteiger partial charge < -0.3 is 5.11 Å². The summed E-state index contributed by atoms with van der Waals surface area (Å²) in [4.78, 5) is 0. The number of benzene rings is 1. The molecule has 0 saturated carbocycles. The molecule has 0 atom stereocenters. The first-order valence-corrected chi connectivity index (χ1v) is 4.14. The molecule has 1 aromatic carbocycles. The average molecular weight is 162 g/mol. The van der Waals surface area contributed by atoms with Crippen LogP contribution in [-0.2, 0) is 6.42 Å². The molecule has 0 fully saturated rings. The predicted octanol–water partition coefficient (Wildman–Crippen LogP) is 2.82. The Morgan fingerprint density at radius 2 is 2.17 bits per heavy atom. The maximum absolute atomic E-state index is 9.59. The minimum Gasteiger partial charge on any atom is -0.507 e. The minimum atomic E-state index is 0.426. The molecule has 1 rings (SSSR count). The van der Waals surface area contributed by atoms with Crippen molar-refractivity contribution in [3.8, 4) is 5.75 Å². The molecule has 0 amide bonds. The van der Waals surface area contributed by atoms with Crippen LogP contribution in [0.15, 0.2) is 30.4 Å². The topological polar surface area (TPSA) is 20.2 Å². The van der Waals surface area contributed by atoms with Gasteiger partial charge in [-0.25, -0.2) is 0 Å². The molecule has 0 saturated heterocycles. The molecule has 1 N–H and O–H groups in total. The van der Waals surface area contributed by atoms with Crippen LogP contribution >= 0.6 is 0 Å². The van der Waals surface area contributed by atoms with Gasteiger partial charge in [-0.05, 0) is 31.4 Å². The van der Waals surface area contributed by atoms with Crippen LogP contribution in [0.25, 0.3) is 0 Å². The van der Waals surface area contributed by atoms with E-state index in [-0.39, 0.29) is 0 Å². The Morgan fingerprint density at radius 3 is 2.83 bits per heavy atom. The molecular formula is C11H14O. The Kier molecular flexibility index (Phi) is 2.92. The lowest BCUT2D eigenvalue weighted by molar-refractivity contribution is 0.465. The second kappa shape index (κ2) is 3.96. The van der Waals surface area contributed by atoms with E-state index in [2.05, 4.69) is 0 Å². The van der Waals surface area contributed by atoms with Crippen LogP contribution in [0.2, 0.25) is 0 Å². The van der Waals surface area contributed by atoms with Gasteiger partial charge in [-0.2, -0.15) is 0 Å². The number of rotatable bonds is 2. The summed E-state index contributed by atoms with van der Waals surface area (Å²) in [6.45, 7) is 3.89. The van der Waals surface area contributed by atoms with Crippen LogP contribution in [0.1, 0.15) is 18.1 Å². The van der Waals surface area contributed by atoms with E-state index in [1.807, 2.05) is 44.2 Å². The van der Waals surface area contributed by atoms with E-state index in [9.17, 15) is 5.11 Å². The van der Waals surface area contributed by atoms with E-state index in [1.54, 1.807) is 0 Å². The second-order valence-corrected chi connectivity index (χ2v) is 2.86. The third-order valence-corrected chi connectivity index (χ3v) is 1.89. The lowest BCUT2D eigenvalue weighted by Crippen LogP contribution is -1.84. The van der Waals surface area contributed by atoms with Gasteiger partial charge in [-0.3, -0.25) is 0 Å². The van der Waals surface area contributed by atoms with Gasteiger partial charge in [0.25, 0.3) is 0 Å². The zero-order chi connectivity index (χ0) is 8.97. The fourth-order valence-corrected chi connectivity index (χ4v) is 1.13. The van der Waals surface area contributed by atoms with Gasteiger partial charge in [0, 0.05) is 0 Å². The first-order chi connectivity index (χ1) is 5.75. The SMILES string of the molecule is C/C=C/Cc1cccc(C)c1O. The molecule has 0 spiro atoms. The van der Waals surface area contributed by atoms with Crippen molar-refractivity contribution in [2.45, 2.75) is 20.3 Å². The molecule has 0 heterocycles. The van der Waals surface area contributed by atoms with Crippen molar-refractivity contribution in [3.05, 3.63) is 41.5 Å². The maximum Gasteiger partial charge on any atom is 0.121 e. The Bertz CT molecular complexity index is 287. The average Bonchev–Trinajstić information content (AvgIpc) is 2.08. The molecule has 0 aliphatic carbocycles. The highest BCUT2D eigenvalue weighted by atomic mass is 16.3. The molecule has 1 heteroatoms. The predicted molar refractivity (Wildman–Crippen MR) is 51.4 cm³/mol. The van der Waals surface area contributed by atoms with Gasteiger partial charge >= 0.3 is 0 Å². The summed E-state index contributed by atoms with van der Waals surface area (Å²) in [5.41, 5.74) is 1.94. The molecule has 0 bridgehead atoms. The van der Waals surface area contributed by atoms with Crippen LogP contribution in [-0.4, -0.2) is 5.11 Å². The van der Waals surface area contributed by atoms with Gasteiger partial charge in [0.05, 0.1) is 0 Å². The summed E-state index contributed by atoms with van der Waals surface area (Å²) >= 11 is 0. The van der Waals surface area contributed by atoms with Gasteiger partial charge in [0.2, 0.25) is 0 Å². The highest BCUT2D eigenvalue weighted by Crippen LogP contribution is 2.21. The highest BCUT2D eigenvalue weighted by molar-refractivity contribution is 5.40. The Hall–Kier alpha value is -1.24. The molecule has 0 unspecified atom stereocenters. The third kappa shape index (κ3) is 1.88. The first-order valence-electron chi connectivity index (χ1n) is 4.14. The highest BCUT2D eigenvalue weighted by Gasteiger charge is 2.00. The van der Waals surface area contributed by atoms with Crippen molar-refractivity contribution in [2.24, 2.45) is 0 Å². The quantitative estimate of drug-likeness (QED) is 0.663. The number of aryl methyl sites for hydroxylation is 1. The van der Waals surface area contributed by atoms with Crippen molar-refractivity contribution in [1.29, 1.82) is 0 Å². The van der Waals surface area contributed by atoms with Crippen LogP contribution in [0.5, 0.6) is 5.75 Å². The number of phenols is 1. The van der Waals surface area contributed by atoms with Crippen molar-refractivity contribution >= 4 is 0 Å². The summed E-state index contributed by atoms with van der Waals surface area (Å²) in [6, 6.07) is 5.82. The molecule has 0 aromatic heterocycles. The lowest BCUT2D eigenvalue weighted by atomic mass is 10.1. The van der Waals surface area contributed by atoms with E-state index in [1.165, 1.54) is 0 Å². The molecule has 0 aliphatic heterocycles. The Balaban J connectivity index is 2.92. The second-order valence-electron chi connectivity index (χ2n) is 2.86. The third-order valence-electron chi connectivity index (χ3n) is 1.89. The van der Waals surface area contributed by atoms with Crippen LogP contribution in [0.3, 0.4) is 0 Å². The number of phenolic OH excluding ortho intramolecular Hbond substituents is 1. The standard InChI is InChI=1S/C11H14O/c1-3-4-7-10-8-5-6-9(2)11(10)12/h3-6,8,12H,7H2,1-2H3/b4-3+. The Labute approximate surface area is 73.4 Å². The Morgan fingerprint density at radius 1 is 1.42 bits per heavy atom. The molecule has 1 aromatic rings. The van der Waals surface area contributed by atoms with Gasteiger partial charge in [0.1, 0.15) is 5.75 Å². The number of para-hydroxylation sites is 1. The summed E-state index contributed by atoms with van der Waals surface area (Å²) in [7, 11) is 0. The summed E-state index contributed by atoms with van der Waals surface area (Å²) < 4.78 is 0. The zero-order valence-corrected chi connectivity index (χ0v) is 7.54. The number of hydrogen-bond acceptors (Lipinski definition) is 1. The van der Waals surface area contributed by atoms with Crippen molar-refractivity contribution in [2.75, 3.05) is 0 Å². The minimum absolute atomic E-state index is 0.426. The molecule has 12 heavy (non-hydrogen) atoms. The van der Waals surface area contributed by atoms with Gasteiger partial charge in [0.15, 0.2) is 0 Å². The zero-order valence-electron chi connectivity index (χ0n) is 7.54. The summed E-state index contributed by atoms with van der Waals surface area (Å²) in [6.07, 6.45) is 4.83. The largest absolute Gasteiger partial charge is 0.507 e. The van der Waals surface area contributed by atoms with E-state index >= 15 is 0 Å². The number of hydrogen-bond donors (Lipinski definition) is 1. The van der Waals surface area contributed by atoms with Crippen LogP contribution in [0, 0.1) is 6.92 Å². The summed E-state index contributed by atoms with van der Waals surface area (Å²) in [5, 5.41) is 9.59. The molecule has 64 valence electrons. The fourth-order valence-electron chi connectivity index (χ4n) is 1.13. The monoisotopic (exact) mass is 162 g/mol. The maximum atomic E-state index is 9.59. The lowest BCUT2D eigenvalue weighted by Gasteiger charge is -2.03. The van der Waals surface area contributed by atoms with E-state index in [4.69, 9.17) is 0 Å². The van der Waals surface area contributed by atoms with Gasteiger partial charge in [-0.15, -0.1) is 0 Å². The normalized spacial score (nSPS) is 10.8. The molecular weight excluding hydrogens is 148 g/mol. The molecule has 0 radical (unpaired) electrons. The molecule has 0 aliphatic rings. The van der Waals surface area contributed by atoms with E-state index < -0.39 is 0 Å². The van der Waals surface area contributed by atoms with Crippen molar-refractivity contribution in [3.63, 3.8) is 0 Å². The first kappa shape index (κ1) is 8.85. The fraction of sp³-hybridized carbons (Fsp3) is 0.273. The number of aromatic hydroxyl groups is 1. The van der Waals surface area contributed by atoms with Crippen molar-refractivity contribution in [1.82, 2.24) is 0 Å². The molecule has 1 nitrogen and oxygen atoms in total. The van der Waals surface area contributed by atoms with Crippen LogP contribution in [0.4, 0.5) is 0 Å². The van der Waals surface area contributed by atoms with Crippen LogP contribution < -0.4 is 0 Å². The van der Waals surface area contributed by atoms with E-state index in [0.29, 0.717) is 5.75 Å².